The zero-order valence-electron chi connectivity index (χ0n) is 19.8. The molecule has 0 fully saturated rings. The molecule has 9 nitrogen and oxygen atoms in total. The predicted octanol–water partition coefficient (Wildman–Crippen LogP) is 3.79. The van der Waals surface area contributed by atoms with Gasteiger partial charge < -0.3 is 24.5 Å². The molecule has 1 heterocycles. The quantitative estimate of drug-likeness (QED) is 0.437. The standard InChI is InChI=1S/C24H33N3O6/c1-5-7-12-27(13-8-6-2)22(28)20-19(11-14-32-3)25-21(26-20)17-10-9-16(24(31)33-4)15-18(17)23(29)30/h9-10,15H,5-8,11-14H2,1-4H3,(H,25,26)(H,29,30). The third-order valence-corrected chi connectivity index (χ3v) is 5.31. The topological polar surface area (TPSA) is 122 Å². The van der Waals surface area contributed by atoms with Crippen LogP contribution >= 0.6 is 0 Å². The molecule has 2 rings (SSSR count). The lowest BCUT2D eigenvalue weighted by Crippen LogP contribution is -2.34. The molecule has 1 aromatic carbocycles. The molecule has 33 heavy (non-hydrogen) atoms. The Morgan fingerprint density at radius 3 is 2.30 bits per heavy atom. The van der Waals surface area contributed by atoms with Crippen LogP contribution < -0.4 is 0 Å². The van der Waals surface area contributed by atoms with Crippen LogP contribution in [-0.2, 0) is 15.9 Å². The molecule has 0 atom stereocenters. The molecule has 0 spiro atoms. The van der Waals surface area contributed by atoms with Gasteiger partial charge in [-0.2, -0.15) is 0 Å². The van der Waals surface area contributed by atoms with Crippen molar-refractivity contribution in [2.24, 2.45) is 0 Å². The molecule has 0 aliphatic rings. The zero-order chi connectivity index (χ0) is 24.4. The number of hydrogen-bond acceptors (Lipinski definition) is 6. The van der Waals surface area contributed by atoms with Crippen LogP contribution in [0.1, 0.15) is 76.4 Å². The number of nitrogens with zero attached hydrogens (tertiary/aromatic N) is 2. The minimum Gasteiger partial charge on any atom is -0.478 e. The fraction of sp³-hybridized carbons (Fsp3) is 0.500. The lowest BCUT2D eigenvalue weighted by molar-refractivity contribution is 0.0600. The molecule has 1 amide bonds. The monoisotopic (exact) mass is 459 g/mol. The van der Waals surface area contributed by atoms with Crippen LogP contribution in [-0.4, -0.2) is 71.7 Å². The highest BCUT2D eigenvalue weighted by Gasteiger charge is 2.25. The highest BCUT2D eigenvalue weighted by Crippen LogP contribution is 2.25. The molecule has 2 N–H and O–H groups in total. The number of methoxy groups -OCH3 is 2. The summed E-state index contributed by atoms with van der Waals surface area (Å²) in [5.41, 5.74) is 1.14. The fourth-order valence-electron chi connectivity index (χ4n) is 3.43. The third-order valence-electron chi connectivity index (χ3n) is 5.31. The van der Waals surface area contributed by atoms with Crippen LogP contribution in [0.4, 0.5) is 0 Å². The Hall–Kier alpha value is -3.20. The first-order valence-electron chi connectivity index (χ1n) is 11.2. The molecule has 180 valence electrons. The number of H-pyrrole nitrogens is 1. The number of carbonyl (C=O) groups is 3. The van der Waals surface area contributed by atoms with Crippen LogP contribution in [0.5, 0.6) is 0 Å². The maximum absolute atomic E-state index is 13.4. The van der Waals surface area contributed by atoms with Crippen LogP contribution in [0.15, 0.2) is 18.2 Å². The Morgan fingerprint density at radius 2 is 1.76 bits per heavy atom. The number of hydrogen-bond donors (Lipinski definition) is 2. The number of unbranched alkanes of at least 4 members (excludes halogenated alkanes) is 2. The van der Waals surface area contributed by atoms with E-state index in [9.17, 15) is 19.5 Å². The summed E-state index contributed by atoms with van der Waals surface area (Å²) in [5.74, 6) is -1.79. The Balaban J connectivity index is 2.53. The molecule has 0 bridgehead atoms. The van der Waals surface area contributed by atoms with Crippen molar-refractivity contribution in [1.29, 1.82) is 0 Å². The zero-order valence-corrected chi connectivity index (χ0v) is 19.8. The van der Waals surface area contributed by atoms with Crippen molar-refractivity contribution in [1.82, 2.24) is 14.9 Å². The van der Waals surface area contributed by atoms with Crippen LogP contribution in [0.25, 0.3) is 11.4 Å². The third kappa shape index (κ3) is 6.64. The van der Waals surface area contributed by atoms with Gasteiger partial charge in [0.2, 0.25) is 0 Å². The first-order valence-corrected chi connectivity index (χ1v) is 11.2. The molecular weight excluding hydrogens is 426 g/mol. The average Bonchev–Trinajstić information content (AvgIpc) is 3.25. The Morgan fingerprint density at radius 1 is 1.09 bits per heavy atom. The van der Waals surface area contributed by atoms with Gasteiger partial charge in [-0.1, -0.05) is 26.7 Å². The number of amides is 1. The number of aromatic amines is 1. The Kier molecular flexibility index (Phi) is 10.1. The summed E-state index contributed by atoms with van der Waals surface area (Å²) in [5, 5.41) is 9.73. The largest absolute Gasteiger partial charge is 0.478 e. The number of nitrogens with one attached hydrogen (secondary N) is 1. The van der Waals surface area contributed by atoms with Crippen LogP contribution in [0, 0.1) is 0 Å². The molecule has 0 saturated heterocycles. The van der Waals surface area contributed by atoms with Crippen molar-refractivity contribution in [3.8, 4) is 11.4 Å². The smallest absolute Gasteiger partial charge is 0.337 e. The Bertz CT molecular complexity index is 961. The molecule has 1 aromatic heterocycles. The summed E-state index contributed by atoms with van der Waals surface area (Å²) in [6, 6.07) is 4.22. The predicted molar refractivity (Wildman–Crippen MR) is 124 cm³/mol. The second-order valence-corrected chi connectivity index (χ2v) is 7.71. The van der Waals surface area contributed by atoms with E-state index in [1.165, 1.54) is 25.3 Å². The van der Waals surface area contributed by atoms with Crippen molar-refractivity contribution in [2.75, 3.05) is 33.9 Å². The summed E-state index contributed by atoms with van der Waals surface area (Å²) >= 11 is 0. The van der Waals surface area contributed by atoms with E-state index in [0.717, 1.165) is 25.7 Å². The number of carboxylic acid groups (broad SMARTS) is 1. The van der Waals surface area contributed by atoms with E-state index in [0.29, 0.717) is 31.8 Å². The number of aromatic nitrogens is 2. The normalized spacial score (nSPS) is 10.8. The average molecular weight is 460 g/mol. The van der Waals surface area contributed by atoms with Crippen LogP contribution in [0.2, 0.25) is 0 Å². The van der Waals surface area contributed by atoms with Crippen molar-refractivity contribution < 1.29 is 29.0 Å². The van der Waals surface area contributed by atoms with Gasteiger partial charge in [-0.15, -0.1) is 0 Å². The van der Waals surface area contributed by atoms with E-state index in [2.05, 4.69) is 28.6 Å². The first-order chi connectivity index (χ1) is 15.9. The number of rotatable bonds is 13. The van der Waals surface area contributed by atoms with Gasteiger partial charge in [0.25, 0.3) is 5.91 Å². The molecule has 0 radical (unpaired) electrons. The van der Waals surface area contributed by atoms with Gasteiger partial charge in [-0.05, 0) is 31.0 Å². The summed E-state index contributed by atoms with van der Waals surface area (Å²) < 4.78 is 9.87. The van der Waals surface area contributed by atoms with Crippen LogP contribution in [0.3, 0.4) is 0 Å². The molecule has 0 saturated carbocycles. The summed E-state index contributed by atoms with van der Waals surface area (Å²) in [6.07, 6.45) is 4.12. The molecule has 0 unspecified atom stereocenters. The number of carboxylic acids is 1. The highest BCUT2D eigenvalue weighted by atomic mass is 16.5. The lowest BCUT2D eigenvalue weighted by Gasteiger charge is -2.22. The summed E-state index contributed by atoms with van der Waals surface area (Å²) in [6.45, 7) is 5.79. The van der Waals surface area contributed by atoms with Crippen molar-refractivity contribution in [3.05, 3.63) is 40.7 Å². The van der Waals surface area contributed by atoms with Crippen molar-refractivity contribution in [3.63, 3.8) is 0 Å². The molecular formula is C24H33N3O6. The SMILES string of the molecule is CCCCN(CCCC)C(=O)c1nc(-c2ccc(C(=O)OC)cc2C(=O)O)[nH]c1CCOC. The van der Waals surface area contributed by atoms with E-state index < -0.39 is 11.9 Å². The maximum Gasteiger partial charge on any atom is 0.337 e. The van der Waals surface area contributed by atoms with E-state index >= 15 is 0 Å². The minimum absolute atomic E-state index is 0.113. The highest BCUT2D eigenvalue weighted by molar-refractivity contribution is 6.00. The van der Waals surface area contributed by atoms with Crippen molar-refractivity contribution in [2.45, 2.75) is 46.0 Å². The van der Waals surface area contributed by atoms with E-state index in [-0.39, 0.29) is 34.1 Å². The number of benzene rings is 1. The lowest BCUT2D eigenvalue weighted by atomic mass is 10.0. The number of esters is 1. The van der Waals surface area contributed by atoms with Crippen molar-refractivity contribution >= 4 is 17.8 Å². The second kappa shape index (κ2) is 12.7. The molecule has 0 aliphatic carbocycles. The van der Waals surface area contributed by atoms with Gasteiger partial charge in [0.1, 0.15) is 11.5 Å². The molecule has 2 aromatic rings. The minimum atomic E-state index is -1.22. The number of ether oxygens (including phenoxy) is 2. The van der Waals surface area contributed by atoms with E-state index in [1.54, 1.807) is 7.11 Å². The fourth-order valence-corrected chi connectivity index (χ4v) is 3.43. The number of aromatic carboxylic acids is 1. The number of carbonyl (C=O) groups excluding carboxylic acids is 2. The van der Waals surface area contributed by atoms with E-state index in [1.807, 2.05) is 4.90 Å². The first kappa shape index (κ1) is 26.1. The summed E-state index contributed by atoms with van der Waals surface area (Å²) in [4.78, 5) is 46.6. The second-order valence-electron chi connectivity index (χ2n) is 7.71. The number of imidazole rings is 1. The van der Waals surface area contributed by atoms with Gasteiger partial charge in [-0.3, -0.25) is 4.79 Å². The molecule has 0 aliphatic heterocycles. The maximum atomic E-state index is 13.4. The van der Waals surface area contributed by atoms with Gasteiger partial charge in [0, 0.05) is 32.2 Å². The van der Waals surface area contributed by atoms with Gasteiger partial charge in [-0.25, -0.2) is 14.6 Å². The van der Waals surface area contributed by atoms with E-state index in [4.69, 9.17) is 4.74 Å². The Labute approximate surface area is 194 Å². The summed E-state index contributed by atoms with van der Waals surface area (Å²) in [7, 11) is 2.80. The van der Waals surface area contributed by atoms with Gasteiger partial charge in [0.15, 0.2) is 0 Å². The molecule has 9 heteroatoms. The van der Waals surface area contributed by atoms with Gasteiger partial charge >= 0.3 is 11.9 Å². The van der Waals surface area contributed by atoms with Gasteiger partial charge in [0.05, 0.1) is 30.5 Å².